The van der Waals surface area contributed by atoms with Crippen molar-refractivity contribution in [1.82, 2.24) is 15.5 Å². The molecule has 3 aliphatic rings. The Morgan fingerprint density at radius 2 is 2.00 bits per heavy atom. The molecular formula is C18H22ClN3O6. The largest absolute Gasteiger partial charge is 0.483 e. The smallest absolute Gasteiger partial charge is 0.407 e. The summed E-state index contributed by atoms with van der Waals surface area (Å²) in [6.07, 6.45) is 0.328. The highest BCUT2D eigenvalue weighted by Gasteiger charge is 2.39. The van der Waals surface area contributed by atoms with Gasteiger partial charge in [-0.25, -0.2) is 4.79 Å². The highest BCUT2D eigenvalue weighted by atomic mass is 35.5. The van der Waals surface area contributed by atoms with E-state index in [1.807, 2.05) is 24.3 Å². The monoisotopic (exact) mass is 411 g/mol. The van der Waals surface area contributed by atoms with E-state index < -0.39 is 12.1 Å². The number of hydrogen-bond donors (Lipinski definition) is 3. The molecule has 4 rings (SSSR count). The highest BCUT2D eigenvalue weighted by molar-refractivity contribution is 6.30. The fourth-order valence-electron chi connectivity index (χ4n) is 3.69. The van der Waals surface area contributed by atoms with Gasteiger partial charge in [0, 0.05) is 30.2 Å². The summed E-state index contributed by atoms with van der Waals surface area (Å²) in [5.74, 6) is -0.189. The van der Waals surface area contributed by atoms with Gasteiger partial charge in [-0.3, -0.25) is 14.5 Å². The topological polar surface area (TPSA) is 117 Å². The van der Waals surface area contributed by atoms with Crippen molar-refractivity contribution in [2.45, 2.75) is 30.7 Å². The summed E-state index contributed by atoms with van der Waals surface area (Å²) in [5.41, 5.74) is 1.11. The van der Waals surface area contributed by atoms with Crippen molar-refractivity contribution in [2.24, 2.45) is 0 Å². The number of hydrogen-bond acceptors (Lipinski definition) is 6. The molecule has 152 valence electrons. The Morgan fingerprint density at radius 1 is 1.29 bits per heavy atom. The van der Waals surface area contributed by atoms with Crippen LogP contribution in [0.15, 0.2) is 24.3 Å². The van der Waals surface area contributed by atoms with Gasteiger partial charge >= 0.3 is 6.09 Å². The minimum atomic E-state index is -0.594. The number of fused-ring (bicyclic) bond motifs is 1. The molecule has 2 amide bonds. The zero-order chi connectivity index (χ0) is 20.1. The lowest BCUT2D eigenvalue weighted by atomic mass is 10.1. The van der Waals surface area contributed by atoms with Crippen LogP contribution in [0, 0.1) is 0 Å². The van der Waals surface area contributed by atoms with E-state index in [0.717, 1.165) is 25.1 Å². The van der Waals surface area contributed by atoms with Crippen LogP contribution in [-0.4, -0.2) is 72.9 Å². The van der Waals surface area contributed by atoms with Gasteiger partial charge in [-0.05, 0) is 24.1 Å². The molecule has 1 aromatic rings. The lowest BCUT2D eigenvalue weighted by Gasteiger charge is -2.35. The lowest BCUT2D eigenvalue weighted by Crippen LogP contribution is -2.47. The van der Waals surface area contributed by atoms with E-state index >= 15 is 0 Å². The van der Waals surface area contributed by atoms with Crippen LogP contribution in [0.2, 0.25) is 5.02 Å². The Kier molecular flexibility index (Phi) is 6.71. The number of carbonyl (C=O) groups excluding carboxylic acids is 2. The lowest BCUT2D eigenvalue weighted by molar-refractivity contribution is -0.124. The first-order valence-electron chi connectivity index (χ1n) is 8.92. The van der Waals surface area contributed by atoms with Gasteiger partial charge in [0.05, 0.1) is 12.7 Å². The van der Waals surface area contributed by atoms with Gasteiger partial charge in [0.25, 0.3) is 6.47 Å². The summed E-state index contributed by atoms with van der Waals surface area (Å²) < 4.78 is 10.8. The Bertz CT molecular complexity index is 716. The van der Waals surface area contributed by atoms with Crippen molar-refractivity contribution in [3.05, 3.63) is 34.9 Å². The van der Waals surface area contributed by atoms with Gasteiger partial charge in [-0.15, -0.1) is 0 Å². The molecule has 0 radical (unpaired) electrons. The molecular weight excluding hydrogens is 390 g/mol. The van der Waals surface area contributed by atoms with Crippen molar-refractivity contribution < 1.29 is 29.0 Å². The highest BCUT2D eigenvalue weighted by Crippen LogP contribution is 2.30. The summed E-state index contributed by atoms with van der Waals surface area (Å²) in [5, 5.41) is 13.1. The van der Waals surface area contributed by atoms with Crippen LogP contribution in [0.25, 0.3) is 0 Å². The number of benzene rings is 1. The molecule has 28 heavy (non-hydrogen) atoms. The minimum Gasteiger partial charge on any atom is -0.483 e. The number of carboxylic acid groups (broad SMARTS) is 1. The Labute approximate surface area is 166 Å². The predicted molar refractivity (Wildman–Crippen MR) is 99.0 cm³/mol. The maximum atomic E-state index is 12.2. The minimum absolute atomic E-state index is 0.0190. The fourth-order valence-corrected chi connectivity index (χ4v) is 3.81. The molecule has 10 heteroatoms. The predicted octanol–water partition coefficient (Wildman–Crippen LogP) is 0.780. The van der Waals surface area contributed by atoms with E-state index in [2.05, 4.69) is 15.5 Å². The molecule has 0 aliphatic carbocycles. The SMILES string of the molecule is O=C1N[C@H](C(=O)N[C@@H]2C[C@H]3CO[C@@H](c4ccc(Cl)cc4)CN3C2)CO1.O=CO. The second-order valence-corrected chi connectivity index (χ2v) is 7.26. The van der Waals surface area contributed by atoms with Crippen molar-refractivity contribution >= 4 is 30.1 Å². The van der Waals surface area contributed by atoms with Crippen molar-refractivity contribution in [3.8, 4) is 0 Å². The summed E-state index contributed by atoms with van der Waals surface area (Å²) in [4.78, 5) is 34.0. The molecule has 0 unspecified atom stereocenters. The summed E-state index contributed by atoms with van der Waals surface area (Å²) in [7, 11) is 0. The number of alkyl carbamates (subject to hydrolysis) is 1. The second kappa shape index (κ2) is 9.22. The number of ether oxygens (including phenoxy) is 2. The molecule has 4 atom stereocenters. The van der Waals surface area contributed by atoms with Crippen LogP contribution in [0.3, 0.4) is 0 Å². The maximum Gasteiger partial charge on any atom is 0.407 e. The van der Waals surface area contributed by atoms with E-state index in [4.69, 9.17) is 31.0 Å². The third-order valence-electron chi connectivity index (χ3n) is 5.00. The number of morpholine rings is 1. The normalized spacial score (nSPS) is 29.0. The third-order valence-corrected chi connectivity index (χ3v) is 5.25. The summed E-state index contributed by atoms with van der Waals surface area (Å²) >= 11 is 5.94. The average Bonchev–Trinajstić information content (AvgIpc) is 3.28. The van der Waals surface area contributed by atoms with E-state index in [1.165, 1.54) is 0 Å². The van der Waals surface area contributed by atoms with Crippen LogP contribution < -0.4 is 10.6 Å². The first-order valence-corrected chi connectivity index (χ1v) is 9.30. The average molecular weight is 412 g/mol. The van der Waals surface area contributed by atoms with Crippen molar-refractivity contribution in [2.75, 3.05) is 26.3 Å². The molecule has 9 nitrogen and oxygen atoms in total. The van der Waals surface area contributed by atoms with Crippen molar-refractivity contribution in [1.29, 1.82) is 0 Å². The van der Waals surface area contributed by atoms with E-state index in [9.17, 15) is 9.59 Å². The maximum absolute atomic E-state index is 12.2. The van der Waals surface area contributed by atoms with Gasteiger partial charge in [-0.2, -0.15) is 0 Å². The molecule has 3 aliphatic heterocycles. The first-order chi connectivity index (χ1) is 13.5. The van der Waals surface area contributed by atoms with E-state index in [1.54, 1.807) is 0 Å². The number of amides is 2. The second-order valence-electron chi connectivity index (χ2n) is 6.82. The van der Waals surface area contributed by atoms with Crippen LogP contribution in [0.5, 0.6) is 0 Å². The number of carbonyl (C=O) groups is 3. The summed E-state index contributed by atoms with van der Waals surface area (Å²) in [6, 6.07) is 7.50. The fraction of sp³-hybridized carbons (Fsp3) is 0.500. The van der Waals surface area contributed by atoms with Crippen LogP contribution in [0.4, 0.5) is 4.79 Å². The number of rotatable bonds is 3. The number of cyclic esters (lactones) is 1. The third kappa shape index (κ3) is 4.92. The Hall–Kier alpha value is -2.36. The van der Waals surface area contributed by atoms with Gasteiger partial charge in [0.1, 0.15) is 12.6 Å². The molecule has 0 saturated carbocycles. The van der Waals surface area contributed by atoms with E-state index in [-0.39, 0.29) is 31.1 Å². The van der Waals surface area contributed by atoms with Crippen LogP contribution in [0.1, 0.15) is 18.1 Å². The van der Waals surface area contributed by atoms with Crippen LogP contribution >= 0.6 is 11.6 Å². The van der Waals surface area contributed by atoms with Gasteiger partial charge in [0.15, 0.2) is 0 Å². The number of nitrogens with zero attached hydrogens (tertiary/aromatic N) is 1. The molecule has 1 aromatic carbocycles. The number of halogens is 1. The summed E-state index contributed by atoms with van der Waals surface area (Å²) in [6.45, 7) is 2.06. The van der Waals surface area contributed by atoms with Gasteiger partial charge in [-0.1, -0.05) is 23.7 Å². The molecule has 0 spiro atoms. The molecule has 3 heterocycles. The van der Waals surface area contributed by atoms with Crippen LogP contribution in [-0.2, 0) is 19.1 Å². The first kappa shape index (κ1) is 20.4. The molecule has 0 bridgehead atoms. The zero-order valence-electron chi connectivity index (χ0n) is 15.0. The molecule has 3 N–H and O–H groups in total. The number of nitrogens with one attached hydrogen (secondary N) is 2. The zero-order valence-corrected chi connectivity index (χ0v) is 15.8. The molecule has 0 aromatic heterocycles. The standard InChI is InChI=1S/C17H20ClN3O4.CH2O2/c18-11-3-1-10(2-4-11)15-7-21-6-12(5-13(21)8-24-15)19-16(22)14-9-25-17(23)20-14;2-1-3/h1-4,12-15H,5-9H2,(H,19,22)(H,20,23);1H,(H,2,3)/t12-,13+,14+,15-;/m1./s1. The Morgan fingerprint density at radius 3 is 2.64 bits per heavy atom. The molecule has 3 saturated heterocycles. The Balaban J connectivity index is 0.000000706. The van der Waals surface area contributed by atoms with Gasteiger partial charge in [0.2, 0.25) is 5.91 Å². The quantitative estimate of drug-likeness (QED) is 0.629. The van der Waals surface area contributed by atoms with E-state index in [0.29, 0.717) is 17.7 Å². The molecule has 3 fully saturated rings. The van der Waals surface area contributed by atoms with Crippen molar-refractivity contribution in [3.63, 3.8) is 0 Å². The van der Waals surface area contributed by atoms with Gasteiger partial charge < -0.3 is 25.2 Å².